The molecule has 3 N–H and O–H groups in total. The molecule has 3 aromatic rings. The molecule has 0 radical (unpaired) electrons. The number of rotatable bonds is 10. The summed E-state index contributed by atoms with van der Waals surface area (Å²) in [6, 6.07) is 7.50. The van der Waals surface area contributed by atoms with Crippen molar-refractivity contribution in [2.24, 2.45) is 17.3 Å². The lowest BCUT2D eigenvalue weighted by atomic mass is 9.84. The van der Waals surface area contributed by atoms with Crippen LogP contribution in [0.3, 0.4) is 0 Å². The van der Waals surface area contributed by atoms with Crippen LogP contribution in [-0.4, -0.2) is 137 Å². The first-order valence-corrected chi connectivity index (χ1v) is 23.4. The summed E-state index contributed by atoms with van der Waals surface area (Å²) in [4.78, 5) is 79.3. The zero-order chi connectivity index (χ0) is 47.6. The third kappa shape index (κ3) is 10.1. The number of hydrazine groups is 1. The van der Waals surface area contributed by atoms with Crippen LogP contribution in [0, 0.1) is 17.3 Å². The third-order valence-electron chi connectivity index (χ3n) is 13.7. The van der Waals surface area contributed by atoms with Crippen LogP contribution in [-0.2, 0) is 46.4 Å². The molecule has 66 heavy (non-hydrogen) atoms. The van der Waals surface area contributed by atoms with Crippen molar-refractivity contribution in [3.05, 3.63) is 72.1 Å². The minimum atomic E-state index is -1.12. The van der Waals surface area contributed by atoms with Gasteiger partial charge in [0.05, 0.1) is 36.1 Å². The number of hydrogen-bond acceptors (Lipinski definition) is 11. The van der Waals surface area contributed by atoms with Crippen molar-refractivity contribution < 1.29 is 38.6 Å². The zero-order valence-corrected chi connectivity index (χ0v) is 39.8. The summed E-state index contributed by atoms with van der Waals surface area (Å²) in [7, 11) is 3.27. The number of cyclic esters (lactones) is 1. The monoisotopic (exact) mass is 909 g/mol. The Balaban J connectivity index is 1.27. The van der Waals surface area contributed by atoms with E-state index >= 15 is 0 Å². The molecule has 356 valence electrons. The number of aryl methyl sites for hydroxylation is 1. The fourth-order valence-corrected chi connectivity index (χ4v) is 10.3. The van der Waals surface area contributed by atoms with Crippen LogP contribution >= 0.6 is 0 Å². The first-order chi connectivity index (χ1) is 31.4. The fraction of sp³-hybridized carbons (Fsp3) is 0.560. The van der Waals surface area contributed by atoms with E-state index < -0.39 is 53.3 Å². The standard InChI is InChI=1S/C50H68N8O8/c1-10-42(60)55-21-18-33(27-55)47(62)54(8)44(30(3)4)46(61)52-40-23-32-22-35(59)28-56(26-32)34-16-17-41-37(24-34)38(45(57(41)11-2)36-14-12-19-51-43(36)31(5)65-9)25-50(6,7)29-66-49(64)39-15-13-20-58(53-39)48(40)63/h10,12,14,16-17,19,22,24,30-31,33,35,39-40,44,53,59H,1,11,13,15,18,20-21,23,25-29H2,2-9H3,(H,52,61)/t31-,33-,35-,39-,40-,44-/m0/s1. The Hall–Kier alpha value is -5.58. The van der Waals surface area contributed by atoms with Crippen molar-refractivity contribution in [1.29, 1.82) is 0 Å². The van der Waals surface area contributed by atoms with Crippen molar-refractivity contribution in [2.45, 2.75) is 111 Å². The van der Waals surface area contributed by atoms with E-state index in [9.17, 15) is 29.1 Å². The highest BCUT2D eigenvalue weighted by molar-refractivity contribution is 5.96. The highest BCUT2D eigenvalue weighted by Crippen LogP contribution is 2.42. The Kier molecular flexibility index (Phi) is 14.7. The van der Waals surface area contributed by atoms with Crippen LogP contribution in [0.15, 0.2) is 60.8 Å². The number of ether oxygens (including phenoxy) is 2. The molecular weight excluding hydrogens is 841 g/mol. The number of aromatic nitrogens is 2. The van der Waals surface area contributed by atoms with E-state index in [1.54, 1.807) is 31.3 Å². The van der Waals surface area contributed by atoms with Gasteiger partial charge in [0.25, 0.3) is 5.91 Å². The second-order valence-corrected chi connectivity index (χ2v) is 19.5. The van der Waals surface area contributed by atoms with Gasteiger partial charge in [-0.15, -0.1) is 0 Å². The van der Waals surface area contributed by atoms with Gasteiger partial charge in [-0.25, -0.2) is 5.43 Å². The quantitative estimate of drug-likeness (QED) is 0.148. The van der Waals surface area contributed by atoms with E-state index in [1.165, 1.54) is 16.0 Å². The minimum absolute atomic E-state index is 0.0642. The molecule has 4 aliphatic heterocycles. The molecule has 4 aliphatic rings. The number of pyridine rings is 1. The number of amides is 4. The molecule has 2 fully saturated rings. The summed E-state index contributed by atoms with van der Waals surface area (Å²) in [6.07, 6.45) is 5.68. The molecule has 0 spiro atoms. The van der Waals surface area contributed by atoms with Crippen molar-refractivity contribution in [1.82, 2.24) is 35.1 Å². The molecule has 7 rings (SSSR count). The third-order valence-corrected chi connectivity index (χ3v) is 13.7. The molecule has 1 aromatic carbocycles. The van der Waals surface area contributed by atoms with Gasteiger partial charge in [0.2, 0.25) is 17.7 Å². The molecule has 16 heteroatoms. The van der Waals surface area contributed by atoms with E-state index in [-0.39, 0.29) is 43.4 Å². The smallest absolute Gasteiger partial charge is 0.324 e. The van der Waals surface area contributed by atoms with Crippen molar-refractivity contribution in [3.8, 4) is 11.3 Å². The number of benzene rings is 1. The van der Waals surface area contributed by atoms with Crippen LogP contribution in [0.1, 0.15) is 84.6 Å². The molecular formula is C50H68N8O8. The summed E-state index contributed by atoms with van der Waals surface area (Å²) >= 11 is 0. The molecule has 4 amide bonds. The average Bonchev–Trinajstić information content (AvgIpc) is 3.92. The summed E-state index contributed by atoms with van der Waals surface area (Å²) in [5, 5.41) is 16.9. The normalized spacial score (nSPS) is 23.5. The Bertz CT molecular complexity index is 2370. The van der Waals surface area contributed by atoms with Gasteiger partial charge < -0.3 is 39.2 Å². The number of aliphatic hydroxyl groups excluding tert-OH is 1. The first-order valence-electron chi connectivity index (χ1n) is 23.4. The maximum atomic E-state index is 14.7. The van der Waals surface area contributed by atoms with Gasteiger partial charge in [-0.2, -0.15) is 0 Å². The minimum Gasteiger partial charge on any atom is -0.464 e. The van der Waals surface area contributed by atoms with Gasteiger partial charge in [-0.3, -0.25) is 34.0 Å². The van der Waals surface area contributed by atoms with E-state index in [0.29, 0.717) is 58.4 Å². The topological polar surface area (TPSA) is 179 Å². The van der Waals surface area contributed by atoms with Gasteiger partial charge in [0.1, 0.15) is 18.1 Å². The summed E-state index contributed by atoms with van der Waals surface area (Å²) < 4.78 is 14.2. The molecule has 16 nitrogen and oxygen atoms in total. The number of esters is 1. The van der Waals surface area contributed by atoms with Gasteiger partial charge in [-0.05, 0) is 99.4 Å². The number of nitrogens with one attached hydrogen (secondary N) is 2. The Morgan fingerprint density at radius 3 is 2.62 bits per heavy atom. The van der Waals surface area contributed by atoms with Crippen LogP contribution in [0.5, 0.6) is 0 Å². The number of fused-ring (bicyclic) bond motifs is 6. The second kappa shape index (κ2) is 20.1. The lowest BCUT2D eigenvalue weighted by Gasteiger charge is -2.38. The molecule has 0 saturated carbocycles. The average molecular weight is 909 g/mol. The van der Waals surface area contributed by atoms with Gasteiger partial charge in [-0.1, -0.05) is 40.3 Å². The fourth-order valence-electron chi connectivity index (χ4n) is 10.3. The SMILES string of the molecule is C=CC(=O)N1CC[C@H](C(=O)N(C)[C@H](C(=O)N[C@H]2CC3=C[C@H](O)CN(C3)c3ccc4c(c3)c(c(-c3cccnc3[C@H](C)OC)n4CC)CC(C)(C)COC(=O)[C@@H]3CCCN(N3)C2=O)C(C)C)C1. The van der Waals surface area contributed by atoms with Crippen molar-refractivity contribution in [2.75, 3.05) is 58.4 Å². The molecule has 2 aromatic heterocycles. The Labute approximate surface area is 388 Å². The van der Waals surface area contributed by atoms with Crippen LogP contribution in [0.2, 0.25) is 0 Å². The zero-order valence-electron chi connectivity index (χ0n) is 39.8. The highest BCUT2D eigenvalue weighted by atomic mass is 16.5. The van der Waals surface area contributed by atoms with E-state index in [0.717, 1.165) is 44.7 Å². The largest absolute Gasteiger partial charge is 0.464 e. The summed E-state index contributed by atoms with van der Waals surface area (Å²) in [5.74, 6) is -2.75. The number of likely N-dealkylation sites (tertiary alicyclic amines) is 1. The number of aliphatic hydroxyl groups is 1. The van der Waals surface area contributed by atoms with Crippen LogP contribution in [0.25, 0.3) is 22.2 Å². The molecule has 6 heterocycles. The Morgan fingerprint density at radius 2 is 1.91 bits per heavy atom. The Morgan fingerprint density at radius 1 is 1.14 bits per heavy atom. The van der Waals surface area contributed by atoms with Crippen molar-refractivity contribution in [3.63, 3.8) is 0 Å². The lowest BCUT2D eigenvalue weighted by Crippen LogP contribution is -2.62. The number of hydrogen-bond donors (Lipinski definition) is 3. The summed E-state index contributed by atoms with van der Waals surface area (Å²) in [6.45, 7) is 17.9. The van der Waals surface area contributed by atoms with Crippen molar-refractivity contribution >= 4 is 46.2 Å². The number of carbonyl (C=O) groups excluding carboxylic acids is 5. The maximum Gasteiger partial charge on any atom is 0.324 e. The number of anilines is 1. The highest BCUT2D eigenvalue weighted by Gasteiger charge is 2.41. The predicted molar refractivity (Wildman–Crippen MR) is 252 cm³/mol. The lowest BCUT2D eigenvalue weighted by molar-refractivity contribution is -0.155. The molecule has 6 bridgehead atoms. The number of carbonyl (C=O) groups is 5. The summed E-state index contributed by atoms with van der Waals surface area (Å²) in [5.41, 5.74) is 9.12. The van der Waals surface area contributed by atoms with E-state index in [2.05, 4.69) is 71.8 Å². The van der Waals surface area contributed by atoms with Gasteiger partial charge in [0, 0.05) is 87.2 Å². The maximum absolute atomic E-state index is 14.7. The van der Waals surface area contributed by atoms with E-state index in [1.807, 2.05) is 26.8 Å². The number of methoxy groups -OCH3 is 1. The second-order valence-electron chi connectivity index (χ2n) is 19.5. The van der Waals surface area contributed by atoms with Gasteiger partial charge >= 0.3 is 5.97 Å². The predicted octanol–water partition coefficient (Wildman–Crippen LogP) is 4.55. The van der Waals surface area contributed by atoms with E-state index in [4.69, 9.17) is 14.5 Å². The molecule has 6 atom stereocenters. The number of nitrogens with zero attached hydrogens (tertiary/aromatic N) is 6. The number of likely N-dealkylation sites (N-methyl/N-ethyl adjacent to an activating group) is 1. The first kappa shape index (κ1) is 48.4. The molecule has 2 saturated heterocycles. The molecule has 0 unspecified atom stereocenters. The van der Waals surface area contributed by atoms with Gasteiger partial charge in [0.15, 0.2) is 0 Å². The van der Waals surface area contributed by atoms with Crippen LogP contribution in [0.4, 0.5) is 5.69 Å². The molecule has 0 aliphatic carbocycles. The van der Waals surface area contributed by atoms with Crippen LogP contribution < -0.4 is 15.6 Å².